The van der Waals surface area contributed by atoms with Crippen molar-refractivity contribution in [3.05, 3.63) is 35.4 Å². The van der Waals surface area contributed by atoms with Crippen LogP contribution in [0.2, 0.25) is 0 Å². The lowest BCUT2D eigenvalue weighted by molar-refractivity contribution is -0.131. The van der Waals surface area contributed by atoms with Gasteiger partial charge in [0.25, 0.3) is 0 Å². The van der Waals surface area contributed by atoms with Crippen LogP contribution in [0.4, 0.5) is 8.78 Å². The number of nitrogens with zero attached hydrogens (tertiary/aromatic N) is 1. The van der Waals surface area contributed by atoms with Crippen LogP contribution in [0.1, 0.15) is 12.0 Å². The average Bonchev–Trinajstić information content (AvgIpc) is 2.22. The summed E-state index contributed by atoms with van der Waals surface area (Å²) in [7, 11) is 1.50. The number of hydrogen-bond acceptors (Lipinski definition) is 2. The van der Waals surface area contributed by atoms with Crippen molar-refractivity contribution in [3.8, 4) is 0 Å². The second kappa shape index (κ2) is 5.55. The van der Waals surface area contributed by atoms with E-state index in [9.17, 15) is 13.6 Å². The molecule has 0 saturated carbocycles. The Hall–Kier alpha value is -1.49. The van der Waals surface area contributed by atoms with E-state index in [1.165, 1.54) is 18.0 Å². The fraction of sp³-hybridized carbons (Fsp3) is 0.364. The third-order valence-corrected chi connectivity index (χ3v) is 2.17. The standard InChI is InChI=1S/C11H13F2NO2/c1-14(11(16)4-5-15)7-8-2-3-9(12)6-10(8)13/h2-3,6,15H,4-5,7H2,1H3. The van der Waals surface area contributed by atoms with E-state index in [1.807, 2.05) is 0 Å². The smallest absolute Gasteiger partial charge is 0.224 e. The summed E-state index contributed by atoms with van der Waals surface area (Å²) in [5.41, 5.74) is 0.246. The molecule has 0 aliphatic rings. The van der Waals surface area contributed by atoms with E-state index in [-0.39, 0.29) is 31.0 Å². The lowest BCUT2D eigenvalue weighted by atomic mass is 10.2. The predicted octanol–water partition coefficient (Wildman–Crippen LogP) is 1.31. The molecule has 1 aromatic carbocycles. The van der Waals surface area contributed by atoms with Gasteiger partial charge in [0, 0.05) is 31.6 Å². The van der Waals surface area contributed by atoms with Gasteiger partial charge in [0.15, 0.2) is 0 Å². The Bertz CT molecular complexity index is 382. The van der Waals surface area contributed by atoms with Crippen molar-refractivity contribution in [2.45, 2.75) is 13.0 Å². The molecule has 1 N–H and O–H groups in total. The van der Waals surface area contributed by atoms with Crippen LogP contribution < -0.4 is 0 Å². The van der Waals surface area contributed by atoms with E-state index in [1.54, 1.807) is 0 Å². The fourth-order valence-corrected chi connectivity index (χ4v) is 1.28. The van der Waals surface area contributed by atoms with Gasteiger partial charge >= 0.3 is 0 Å². The zero-order chi connectivity index (χ0) is 12.1. The summed E-state index contributed by atoms with van der Waals surface area (Å²) in [6, 6.07) is 3.22. The third-order valence-electron chi connectivity index (χ3n) is 2.17. The Labute approximate surface area is 92.3 Å². The van der Waals surface area contributed by atoms with Crippen LogP contribution in [0.25, 0.3) is 0 Å². The van der Waals surface area contributed by atoms with E-state index < -0.39 is 11.6 Å². The molecule has 0 aliphatic heterocycles. The molecule has 0 unspecified atom stereocenters. The maximum Gasteiger partial charge on any atom is 0.224 e. The molecule has 0 aliphatic carbocycles. The number of rotatable bonds is 4. The first-order valence-corrected chi connectivity index (χ1v) is 4.83. The summed E-state index contributed by atoms with van der Waals surface area (Å²) < 4.78 is 25.8. The SMILES string of the molecule is CN(Cc1ccc(F)cc1F)C(=O)CCO. The summed E-state index contributed by atoms with van der Waals surface area (Å²) in [6.45, 7) is -0.181. The molecular formula is C11H13F2NO2. The van der Waals surface area contributed by atoms with Crippen molar-refractivity contribution in [1.82, 2.24) is 4.90 Å². The number of hydrogen-bond donors (Lipinski definition) is 1. The highest BCUT2D eigenvalue weighted by Gasteiger charge is 2.11. The number of amides is 1. The van der Waals surface area contributed by atoms with Gasteiger partial charge in [-0.3, -0.25) is 4.79 Å². The molecule has 3 nitrogen and oxygen atoms in total. The molecule has 0 fully saturated rings. The van der Waals surface area contributed by atoms with Crippen LogP contribution >= 0.6 is 0 Å². The summed E-state index contributed by atoms with van der Waals surface area (Å²) >= 11 is 0. The molecule has 1 amide bonds. The molecule has 0 atom stereocenters. The number of carbonyl (C=O) groups excluding carboxylic acids is 1. The van der Waals surface area contributed by atoms with Gasteiger partial charge in [0.05, 0.1) is 6.61 Å². The minimum Gasteiger partial charge on any atom is -0.396 e. The number of benzene rings is 1. The fourth-order valence-electron chi connectivity index (χ4n) is 1.28. The Morgan fingerprint density at radius 3 is 2.69 bits per heavy atom. The van der Waals surface area contributed by atoms with Crippen LogP contribution in [0.5, 0.6) is 0 Å². The van der Waals surface area contributed by atoms with Gasteiger partial charge in [0.2, 0.25) is 5.91 Å². The van der Waals surface area contributed by atoms with Crippen molar-refractivity contribution in [3.63, 3.8) is 0 Å². The van der Waals surface area contributed by atoms with Gasteiger partial charge < -0.3 is 10.0 Å². The van der Waals surface area contributed by atoms with Crippen molar-refractivity contribution in [2.75, 3.05) is 13.7 Å². The number of carbonyl (C=O) groups is 1. The van der Waals surface area contributed by atoms with Crippen LogP contribution in [0.15, 0.2) is 18.2 Å². The van der Waals surface area contributed by atoms with Crippen LogP contribution in [-0.4, -0.2) is 29.6 Å². The highest BCUT2D eigenvalue weighted by atomic mass is 19.1. The highest BCUT2D eigenvalue weighted by Crippen LogP contribution is 2.11. The zero-order valence-electron chi connectivity index (χ0n) is 8.91. The zero-order valence-corrected chi connectivity index (χ0v) is 8.91. The second-order valence-corrected chi connectivity index (χ2v) is 3.46. The van der Waals surface area contributed by atoms with E-state index in [4.69, 9.17) is 5.11 Å². The van der Waals surface area contributed by atoms with Crippen LogP contribution in [-0.2, 0) is 11.3 Å². The van der Waals surface area contributed by atoms with E-state index in [0.29, 0.717) is 0 Å². The molecule has 5 heteroatoms. The largest absolute Gasteiger partial charge is 0.396 e. The summed E-state index contributed by atoms with van der Waals surface area (Å²) in [5.74, 6) is -1.61. The molecule has 1 aromatic rings. The molecule has 0 saturated heterocycles. The summed E-state index contributed by atoms with van der Waals surface area (Å²) in [4.78, 5) is 12.6. The van der Waals surface area contributed by atoms with Crippen LogP contribution in [0.3, 0.4) is 0 Å². The minimum absolute atomic E-state index is 0.000681. The Balaban J connectivity index is 2.69. The lowest BCUT2D eigenvalue weighted by Crippen LogP contribution is -2.27. The summed E-state index contributed by atoms with van der Waals surface area (Å²) in [5, 5.41) is 8.57. The molecule has 0 aromatic heterocycles. The molecule has 1 rings (SSSR count). The first-order chi connectivity index (χ1) is 7.54. The first-order valence-electron chi connectivity index (χ1n) is 4.83. The van der Waals surface area contributed by atoms with E-state index in [2.05, 4.69) is 0 Å². The predicted molar refractivity (Wildman–Crippen MR) is 54.5 cm³/mol. The molecule has 0 radical (unpaired) electrons. The van der Waals surface area contributed by atoms with Crippen molar-refractivity contribution >= 4 is 5.91 Å². The Morgan fingerprint density at radius 1 is 1.44 bits per heavy atom. The minimum atomic E-state index is -0.677. The van der Waals surface area contributed by atoms with Crippen molar-refractivity contribution in [2.24, 2.45) is 0 Å². The van der Waals surface area contributed by atoms with E-state index >= 15 is 0 Å². The van der Waals surface area contributed by atoms with Gasteiger partial charge in [-0.25, -0.2) is 8.78 Å². The topological polar surface area (TPSA) is 40.5 Å². The van der Waals surface area contributed by atoms with E-state index in [0.717, 1.165) is 12.1 Å². The normalized spacial score (nSPS) is 10.2. The molecule has 0 spiro atoms. The number of aliphatic hydroxyl groups excluding tert-OH is 1. The molecule has 0 heterocycles. The highest BCUT2D eigenvalue weighted by molar-refractivity contribution is 5.75. The van der Waals surface area contributed by atoms with Gasteiger partial charge in [-0.1, -0.05) is 6.07 Å². The van der Waals surface area contributed by atoms with Crippen LogP contribution in [0, 0.1) is 11.6 Å². The average molecular weight is 229 g/mol. The maximum atomic E-state index is 13.2. The van der Waals surface area contributed by atoms with Crippen molar-refractivity contribution in [1.29, 1.82) is 0 Å². The Morgan fingerprint density at radius 2 is 2.12 bits per heavy atom. The molecular weight excluding hydrogens is 216 g/mol. The van der Waals surface area contributed by atoms with Gasteiger partial charge in [0.1, 0.15) is 11.6 Å². The van der Waals surface area contributed by atoms with Gasteiger partial charge in [-0.15, -0.1) is 0 Å². The van der Waals surface area contributed by atoms with Gasteiger partial charge in [-0.2, -0.15) is 0 Å². The number of aliphatic hydroxyl groups is 1. The van der Waals surface area contributed by atoms with Crippen molar-refractivity contribution < 1.29 is 18.7 Å². The number of halogens is 2. The summed E-state index contributed by atoms with van der Waals surface area (Å²) in [6.07, 6.45) is -0.000681. The molecule has 88 valence electrons. The van der Waals surface area contributed by atoms with Gasteiger partial charge in [-0.05, 0) is 6.07 Å². The lowest BCUT2D eigenvalue weighted by Gasteiger charge is -2.17. The molecule has 16 heavy (non-hydrogen) atoms. The third kappa shape index (κ3) is 3.27. The maximum absolute atomic E-state index is 13.2. The second-order valence-electron chi connectivity index (χ2n) is 3.46. The monoisotopic (exact) mass is 229 g/mol. The Kier molecular flexibility index (Phi) is 4.37. The first kappa shape index (κ1) is 12.6. The quantitative estimate of drug-likeness (QED) is 0.845. The molecule has 0 bridgehead atoms.